The Morgan fingerprint density at radius 3 is 2.89 bits per heavy atom. The third kappa shape index (κ3) is 3.91. The van der Waals surface area contributed by atoms with Crippen LogP contribution in [0.3, 0.4) is 0 Å². The van der Waals surface area contributed by atoms with Gasteiger partial charge in [0.15, 0.2) is 0 Å². The van der Waals surface area contributed by atoms with E-state index >= 15 is 0 Å². The number of aryl methyl sites for hydroxylation is 2. The van der Waals surface area contributed by atoms with Crippen molar-refractivity contribution in [1.82, 2.24) is 15.3 Å². The lowest BCUT2D eigenvalue weighted by Crippen LogP contribution is -2.33. The first-order valence-corrected chi connectivity index (χ1v) is 6.27. The summed E-state index contributed by atoms with van der Waals surface area (Å²) in [7, 11) is 0. The molecule has 0 radical (unpaired) electrons. The van der Waals surface area contributed by atoms with Crippen LogP contribution in [0.1, 0.15) is 35.3 Å². The number of hydrogen-bond donors (Lipinski definition) is 1. The second kappa shape index (κ2) is 6.13. The highest BCUT2D eigenvalue weighted by molar-refractivity contribution is 5.92. The summed E-state index contributed by atoms with van der Waals surface area (Å²) < 4.78 is 5.25. The molecule has 0 aliphatic rings. The fourth-order valence-electron chi connectivity index (χ4n) is 1.69. The van der Waals surface area contributed by atoms with Crippen molar-refractivity contribution in [2.75, 3.05) is 0 Å². The minimum atomic E-state index is -0.195. The van der Waals surface area contributed by atoms with E-state index in [0.717, 1.165) is 24.3 Å². The standard InChI is InChI=1S/C14H17N3O2/c1-10(5-6-12-4-3-7-19-12)17-14(18)13-9-15-11(2)8-16-13/h3-4,7-10H,5-6H2,1-2H3,(H,17,18)/t10-/m0/s1. The lowest BCUT2D eigenvalue weighted by atomic mass is 10.1. The van der Waals surface area contributed by atoms with Crippen molar-refractivity contribution in [1.29, 1.82) is 0 Å². The maximum atomic E-state index is 11.9. The molecule has 2 aromatic heterocycles. The van der Waals surface area contributed by atoms with Gasteiger partial charge in [0, 0.05) is 18.7 Å². The summed E-state index contributed by atoms with van der Waals surface area (Å²) >= 11 is 0. The van der Waals surface area contributed by atoms with Gasteiger partial charge >= 0.3 is 0 Å². The number of rotatable bonds is 5. The molecule has 0 unspecified atom stereocenters. The molecule has 0 fully saturated rings. The second-order valence-electron chi connectivity index (χ2n) is 4.54. The van der Waals surface area contributed by atoms with Crippen molar-refractivity contribution in [3.8, 4) is 0 Å². The van der Waals surface area contributed by atoms with Gasteiger partial charge in [-0.15, -0.1) is 0 Å². The van der Waals surface area contributed by atoms with Crippen LogP contribution in [0.15, 0.2) is 35.2 Å². The fourth-order valence-corrected chi connectivity index (χ4v) is 1.69. The number of carbonyl (C=O) groups is 1. The Hall–Kier alpha value is -2.17. The molecule has 5 nitrogen and oxygen atoms in total. The third-order valence-electron chi connectivity index (χ3n) is 2.79. The van der Waals surface area contributed by atoms with Crippen molar-refractivity contribution >= 4 is 5.91 Å². The summed E-state index contributed by atoms with van der Waals surface area (Å²) in [5.74, 6) is 0.732. The molecule has 0 saturated heterocycles. The summed E-state index contributed by atoms with van der Waals surface area (Å²) in [6.07, 6.45) is 6.35. The number of carbonyl (C=O) groups excluding carboxylic acids is 1. The molecular formula is C14H17N3O2. The van der Waals surface area contributed by atoms with Crippen molar-refractivity contribution < 1.29 is 9.21 Å². The first-order chi connectivity index (χ1) is 9.15. The van der Waals surface area contributed by atoms with Gasteiger partial charge in [-0.25, -0.2) is 4.98 Å². The van der Waals surface area contributed by atoms with Gasteiger partial charge in [0.05, 0.1) is 18.2 Å². The molecular weight excluding hydrogens is 242 g/mol. The van der Waals surface area contributed by atoms with E-state index in [9.17, 15) is 4.79 Å². The van der Waals surface area contributed by atoms with Crippen molar-refractivity contribution in [3.63, 3.8) is 0 Å². The first-order valence-electron chi connectivity index (χ1n) is 6.27. The normalized spacial score (nSPS) is 12.1. The molecule has 0 saturated carbocycles. The third-order valence-corrected chi connectivity index (χ3v) is 2.79. The van der Waals surface area contributed by atoms with Crippen LogP contribution in [0.25, 0.3) is 0 Å². The van der Waals surface area contributed by atoms with Gasteiger partial charge in [0.2, 0.25) is 0 Å². The molecule has 1 N–H and O–H groups in total. The van der Waals surface area contributed by atoms with E-state index in [1.165, 1.54) is 6.20 Å². The first kappa shape index (κ1) is 13.3. The van der Waals surface area contributed by atoms with Crippen LogP contribution in [-0.4, -0.2) is 21.9 Å². The smallest absolute Gasteiger partial charge is 0.271 e. The van der Waals surface area contributed by atoms with Gasteiger partial charge in [-0.1, -0.05) is 0 Å². The second-order valence-corrected chi connectivity index (χ2v) is 4.54. The average Bonchev–Trinajstić information content (AvgIpc) is 2.90. The van der Waals surface area contributed by atoms with E-state index in [4.69, 9.17) is 4.42 Å². The largest absolute Gasteiger partial charge is 0.469 e. The number of nitrogens with zero attached hydrogens (tertiary/aromatic N) is 2. The van der Waals surface area contributed by atoms with E-state index in [1.807, 2.05) is 26.0 Å². The molecule has 0 aliphatic carbocycles. The van der Waals surface area contributed by atoms with E-state index in [-0.39, 0.29) is 11.9 Å². The summed E-state index contributed by atoms with van der Waals surface area (Å²) in [6, 6.07) is 3.85. The quantitative estimate of drug-likeness (QED) is 0.893. The van der Waals surface area contributed by atoms with Gasteiger partial charge in [-0.2, -0.15) is 0 Å². The van der Waals surface area contributed by atoms with Gasteiger partial charge in [0.25, 0.3) is 5.91 Å². The van der Waals surface area contributed by atoms with Crippen LogP contribution >= 0.6 is 0 Å². The average molecular weight is 259 g/mol. The molecule has 2 heterocycles. The Morgan fingerprint density at radius 2 is 2.26 bits per heavy atom. The maximum Gasteiger partial charge on any atom is 0.271 e. The van der Waals surface area contributed by atoms with Crippen LogP contribution in [-0.2, 0) is 6.42 Å². The summed E-state index contributed by atoms with van der Waals surface area (Å²) in [5, 5.41) is 2.89. The minimum Gasteiger partial charge on any atom is -0.469 e. The highest BCUT2D eigenvalue weighted by atomic mass is 16.3. The number of amides is 1. The molecule has 2 rings (SSSR count). The molecule has 19 heavy (non-hydrogen) atoms. The van der Waals surface area contributed by atoms with Crippen LogP contribution in [0.4, 0.5) is 0 Å². The van der Waals surface area contributed by atoms with E-state index in [2.05, 4.69) is 15.3 Å². The molecule has 0 spiro atoms. The lowest BCUT2D eigenvalue weighted by molar-refractivity contribution is 0.0932. The van der Waals surface area contributed by atoms with Crippen molar-refractivity contribution in [2.45, 2.75) is 32.7 Å². The van der Waals surface area contributed by atoms with Crippen LogP contribution in [0.2, 0.25) is 0 Å². The Labute approximate surface area is 112 Å². The summed E-state index contributed by atoms with van der Waals surface area (Å²) in [6.45, 7) is 3.79. The van der Waals surface area contributed by atoms with E-state index in [1.54, 1.807) is 12.5 Å². The SMILES string of the molecule is Cc1cnc(C(=O)N[C@@H](C)CCc2ccco2)cn1. The predicted molar refractivity (Wildman–Crippen MR) is 70.7 cm³/mol. The number of nitrogens with one attached hydrogen (secondary N) is 1. The Balaban J connectivity index is 1.83. The molecule has 0 aromatic carbocycles. The Bertz CT molecular complexity index is 520. The molecule has 2 aromatic rings. The fraction of sp³-hybridized carbons (Fsp3) is 0.357. The predicted octanol–water partition coefficient (Wildman–Crippen LogP) is 2.13. The van der Waals surface area contributed by atoms with Crippen LogP contribution in [0, 0.1) is 6.92 Å². The van der Waals surface area contributed by atoms with Crippen molar-refractivity contribution in [2.24, 2.45) is 0 Å². The minimum absolute atomic E-state index is 0.0562. The molecule has 100 valence electrons. The zero-order valence-electron chi connectivity index (χ0n) is 11.1. The summed E-state index contributed by atoms with van der Waals surface area (Å²) in [4.78, 5) is 20.0. The van der Waals surface area contributed by atoms with Gasteiger partial charge in [-0.3, -0.25) is 9.78 Å². The van der Waals surface area contributed by atoms with E-state index in [0.29, 0.717) is 5.69 Å². The molecule has 1 atom stereocenters. The highest BCUT2D eigenvalue weighted by Gasteiger charge is 2.11. The maximum absolute atomic E-state index is 11.9. The Kier molecular flexibility index (Phi) is 4.28. The van der Waals surface area contributed by atoms with Crippen LogP contribution in [0.5, 0.6) is 0 Å². The molecule has 5 heteroatoms. The highest BCUT2D eigenvalue weighted by Crippen LogP contribution is 2.06. The molecule has 0 aliphatic heterocycles. The molecule has 0 bridgehead atoms. The van der Waals surface area contributed by atoms with Crippen LogP contribution < -0.4 is 5.32 Å². The van der Waals surface area contributed by atoms with Gasteiger partial charge in [-0.05, 0) is 32.4 Å². The molecule has 1 amide bonds. The Morgan fingerprint density at radius 1 is 1.42 bits per heavy atom. The summed E-state index contributed by atoms with van der Waals surface area (Å²) in [5.41, 5.74) is 1.14. The zero-order chi connectivity index (χ0) is 13.7. The number of hydrogen-bond acceptors (Lipinski definition) is 4. The number of furan rings is 1. The van der Waals surface area contributed by atoms with Crippen molar-refractivity contribution in [3.05, 3.63) is 47.9 Å². The topological polar surface area (TPSA) is 68.0 Å². The van der Waals surface area contributed by atoms with Gasteiger partial charge < -0.3 is 9.73 Å². The van der Waals surface area contributed by atoms with Gasteiger partial charge in [0.1, 0.15) is 11.5 Å². The number of aromatic nitrogens is 2. The lowest BCUT2D eigenvalue weighted by Gasteiger charge is -2.12. The van der Waals surface area contributed by atoms with E-state index < -0.39 is 0 Å². The monoisotopic (exact) mass is 259 g/mol. The zero-order valence-corrected chi connectivity index (χ0v) is 11.1.